The summed E-state index contributed by atoms with van der Waals surface area (Å²) in [5.41, 5.74) is 0.199. The van der Waals surface area contributed by atoms with Crippen LogP contribution in [0.3, 0.4) is 0 Å². The number of rotatable bonds is 7. The third-order valence-electron chi connectivity index (χ3n) is 3.40. The minimum atomic E-state index is -0.894. The van der Waals surface area contributed by atoms with E-state index in [9.17, 15) is 19.3 Å². The number of methoxy groups -OCH3 is 1. The van der Waals surface area contributed by atoms with Gasteiger partial charge in [-0.05, 0) is 24.1 Å². The monoisotopic (exact) mass is 333 g/mol. The lowest BCUT2D eigenvalue weighted by molar-refractivity contribution is -0.385. The average Bonchev–Trinajstić information content (AvgIpc) is 2.57. The molecule has 7 nitrogen and oxygen atoms in total. The quantitative estimate of drug-likeness (QED) is 0.618. The number of amides is 1. The van der Waals surface area contributed by atoms with Crippen molar-refractivity contribution in [2.45, 2.75) is 12.8 Å². The van der Waals surface area contributed by atoms with Crippen LogP contribution in [0.15, 0.2) is 36.7 Å². The highest BCUT2D eigenvalue weighted by molar-refractivity contribution is 5.80. The average molecular weight is 333 g/mol. The summed E-state index contributed by atoms with van der Waals surface area (Å²) in [6, 6.07) is 5.94. The highest BCUT2D eigenvalue weighted by Gasteiger charge is 2.23. The first kappa shape index (κ1) is 17.3. The summed E-state index contributed by atoms with van der Waals surface area (Å²) >= 11 is 0. The molecular weight excluding hydrogens is 317 g/mol. The molecule has 0 aliphatic heterocycles. The van der Waals surface area contributed by atoms with E-state index in [1.807, 2.05) is 6.07 Å². The molecule has 2 rings (SSSR count). The maximum absolute atomic E-state index is 14.2. The van der Waals surface area contributed by atoms with E-state index in [4.69, 9.17) is 4.74 Å². The van der Waals surface area contributed by atoms with Crippen molar-refractivity contribution in [1.29, 1.82) is 0 Å². The molecule has 0 aliphatic carbocycles. The summed E-state index contributed by atoms with van der Waals surface area (Å²) in [5.74, 6) is -1.54. The van der Waals surface area contributed by atoms with E-state index in [-0.39, 0.29) is 11.3 Å². The molecular formula is C16H16FN3O4. The van der Waals surface area contributed by atoms with Crippen molar-refractivity contribution in [3.63, 3.8) is 0 Å². The predicted molar refractivity (Wildman–Crippen MR) is 84.3 cm³/mol. The second-order valence-electron chi connectivity index (χ2n) is 4.97. The van der Waals surface area contributed by atoms with Crippen molar-refractivity contribution in [1.82, 2.24) is 10.3 Å². The normalized spacial score (nSPS) is 10.2. The first-order chi connectivity index (χ1) is 11.5. The number of ether oxygens (including phenoxy) is 1. The zero-order valence-corrected chi connectivity index (χ0v) is 13.0. The van der Waals surface area contributed by atoms with E-state index in [2.05, 4.69) is 10.3 Å². The smallest absolute Gasteiger partial charge is 0.276 e. The van der Waals surface area contributed by atoms with Crippen LogP contribution < -0.4 is 10.1 Å². The van der Waals surface area contributed by atoms with Gasteiger partial charge in [0, 0.05) is 25.0 Å². The molecule has 0 radical (unpaired) electrons. The number of nitrogens with zero attached hydrogens (tertiary/aromatic N) is 2. The number of pyridine rings is 1. The molecule has 0 fully saturated rings. The van der Waals surface area contributed by atoms with Crippen LogP contribution in [0.2, 0.25) is 0 Å². The third kappa shape index (κ3) is 4.25. The molecule has 0 atom stereocenters. The van der Waals surface area contributed by atoms with Crippen LogP contribution in [0.5, 0.6) is 5.75 Å². The number of benzene rings is 1. The first-order valence-corrected chi connectivity index (χ1v) is 7.18. The van der Waals surface area contributed by atoms with Crippen LogP contribution in [0.1, 0.15) is 11.1 Å². The molecule has 126 valence electrons. The lowest BCUT2D eigenvalue weighted by Crippen LogP contribution is -2.28. The van der Waals surface area contributed by atoms with Crippen LogP contribution in [-0.2, 0) is 17.6 Å². The first-order valence-electron chi connectivity index (χ1n) is 7.18. The summed E-state index contributed by atoms with van der Waals surface area (Å²) in [6.07, 6.45) is 3.44. The van der Waals surface area contributed by atoms with Gasteiger partial charge in [-0.2, -0.15) is 0 Å². The van der Waals surface area contributed by atoms with Crippen LogP contribution in [0.4, 0.5) is 10.1 Å². The summed E-state index contributed by atoms with van der Waals surface area (Å²) in [5, 5.41) is 13.6. The number of hydrogen-bond donors (Lipinski definition) is 1. The van der Waals surface area contributed by atoms with Gasteiger partial charge in [-0.3, -0.25) is 19.9 Å². The third-order valence-corrected chi connectivity index (χ3v) is 3.40. The number of carbonyl (C=O) groups is 1. The second kappa shape index (κ2) is 8.00. The Kier molecular flexibility index (Phi) is 5.78. The Morgan fingerprint density at radius 2 is 2.21 bits per heavy atom. The molecule has 1 amide bonds. The Labute approximate surface area is 137 Å². The molecule has 0 spiro atoms. The van der Waals surface area contributed by atoms with E-state index in [1.54, 1.807) is 18.5 Å². The number of halogens is 1. The van der Waals surface area contributed by atoms with Gasteiger partial charge >= 0.3 is 0 Å². The van der Waals surface area contributed by atoms with Gasteiger partial charge in [0.05, 0.1) is 24.0 Å². The topological polar surface area (TPSA) is 94.4 Å². The Bertz CT molecular complexity index is 738. The number of nitro groups is 1. The van der Waals surface area contributed by atoms with Crippen LogP contribution in [0, 0.1) is 15.9 Å². The minimum Gasteiger partial charge on any atom is -0.494 e. The fourth-order valence-corrected chi connectivity index (χ4v) is 2.20. The van der Waals surface area contributed by atoms with Gasteiger partial charge in [0.2, 0.25) is 5.91 Å². The molecule has 1 N–H and O–H groups in total. The highest BCUT2D eigenvalue weighted by Crippen LogP contribution is 2.29. The molecule has 1 heterocycles. The predicted octanol–water partition coefficient (Wildman–Crippen LogP) is 2.04. The summed E-state index contributed by atoms with van der Waals surface area (Å²) in [7, 11) is 1.25. The number of nitro benzene ring substituents is 1. The highest BCUT2D eigenvalue weighted by atomic mass is 19.1. The Hall–Kier alpha value is -3.03. The molecule has 2 aromatic rings. The molecule has 0 unspecified atom stereocenters. The van der Waals surface area contributed by atoms with Gasteiger partial charge in [0.15, 0.2) is 11.6 Å². The SMILES string of the molecule is COc1ccc([N+](=O)[O-])c(CC(=O)NCCc2cccnc2)c1F. The molecule has 1 aromatic carbocycles. The van der Waals surface area contributed by atoms with Gasteiger partial charge < -0.3 is 10.1 Å². The number of nitrogens with one attached hydrogen (secondary N) is 1. The zero-order chi connectivity index (χ0) is 17.5. The van der Waals surface area contributed by atoms with E-state index < -0.39 is 28.8 Å². The molecule has 1 aromatic heterocycles. The standard InChI is InChI=1S/C16H16FN3O4/c1-24-14-5-4-13(20(22)23)12(16(14)17)9-15(21)19-8-6-11-3-2-7-18-10-11/h2-5,7,10H,6,8-9H2,1H3,(H,19,21). The van der Waals surface area contributed by atoms with Gasteiger partial charge in [-0.15, -0.1) is 0 Å². The Morgan fingerprint density at radius 1 is 1.42 bits per heavy atom. The largest absolute Gasteiger partial charge is 0.494 e. The maximum atomic E-state index is 14.2. The van der Waals surface area contributed by atoms with Gasteiger partial charge in [0.1, 0.15) is 0 Å². The van der Waals surface area contributed by atoms with Crippen molar-refractivity contribution in [2.24, 2.45) is 0 Å². The summed E-state index contributed by atoms with van der Waals surface area (Å²) < 4.78 is 19.0. The fourth-order valence-electron chi connectivity index (χ4n) is 2.20. The van der Waals surface area contributed by atoms with E-state index >= 15 is 0 Å². The number of aromatic nitrogens is 1. The van der Waals surface area contributed by atoms with Crippen molar-refractivity contribution < 1.29 is 18.8 Å². The van der Waals surface area contributed by atoms with Crippen molar-refractivity contribution >= 4 is 11.6 Å². The van der Waals surface area contributed by atoms with E-state index in [0.717, 1.165) is 17.7 Å². The van der Waals surface area contributed by atoms with Gasteiger partial charge in [0.25, 0.3) is 5.69 Å². The second-order valence-corrected chi connectivity index (χ2v) is 4.97. The zero-order valence-electron chi connectivity index (χ0n) is 13.0. The van der Waals surface area contributed by atoms with Crippen LogP contribution in [0.25, 0.3) is 0 Å². The molecule has 0 aliphatic rings. The minimum absolute atomic E-state index is 0.140. The number of carbonyl (C=O) groups excluding carboxylic acids is 1. The molecule has 8 heteroatoms. The lowest BCUT2D eigenvalue weighted by atomic mass is 10.1. The Morgan fingerprint density at radius 3 is 2.83 bits per heavy atom. The maximum Gasteiger partial charge on any atom is 0.276 e. The Balaban J connectivity index is 2.04. The summed E-state index contributed by atoms with van der Waals surface area (Å²) in [6.45, 7) is 0.323. The lowest BCUT2D eigenvalue weighted by Gasteiger charge is -2.09. The molecule has 0 saturated heterocycles. The van der Waals surface area contributed by atoms with Crippen molar-refractivity contribution in [3.8, 4) is 5.75 Å². The molecule has 0 saturated carbocycles. The molecule has 0 bridgehead atoms. The van der Waals surface area contributed by atoms with Crippen molar-refractivity contribution in [3.05, 3.63) is 63.7 Å². The summed E-state index contributed by atoms with van der Waals surface area (Å²) in [4.78, 5) is 26.2. The van der Waals surface area contributed by atoms with Crippen LogP contribution in [-0.4, -0.2) is 29.5 Å². The fraction of sp³-hybridized carbons (Fsp3) is 0.250. The molecule has 24 heavy (non-hydrogen) atoms. The van der Waals surface area contributed by atoms with Gasteiger partial charge in [-0.25, -0.2) is 4.39 Å². The van der Waals surface area contributed by atoms with Crippen molar-refractivity contribution in [2.75, 3.05) is 13.7 Å². The number of hydrogen-bond acceptors (Lipinski definition) is 5. The van der Waals surface area contributed by atoms with Gasteiger partial charge in [-0.1, -0.05) is 6.07 Å². The van der Waals surface area contributed by atoms with E-state index in [1.165, 1.54) is 7.11 Å². The van der Waals surface area contributed by atoms with Crippen LogP contribution >= 0.6 is 0 Å². The van der Waals surface area contributed by atoms with E-state index in [0.29, 0.717) is 13.0 Å².